The summed E-state index contributed by atoms with van der Waals surface area (Å²) in [4.78, 5) is 22.6. The quantitative estimate of drug-likeness (QED) is 0.697. The summed E-state index contributed by atoms with van der Waals surface area (Å²) in [6, 6.07) is 5.62. The van der Waals surface area contributed by atoms with Crippen LogP contribution in [0.3, 0.4) is 0 Å². The molecule has 1 saturated heterocycles. The van der Waals surface area contributed by atoms with E-state index < -0.39 is 0 Å². The van der Waals surface area contributed by atoms with Crippen LogP contribution in [-0.4, -0.2) is 48.9 Å². The minimum atomic E-state index is 0.0129. The molecule has 1 aliphatic rings. The summed E-state index contributed by atoms with van der Waals surface area (Å²) >= 11 is 0. The minimum absolute atomic E-state index is 0.0129. The van der Waals surface area contributed by atoms with E-state index in [1.165, 1.54) is 0 Å². The number of hydrogen-bond acceptors (Lipinski definition) is 5. The van der Waals surface area contributed by atoms with Gasteiger partial charge in [0.2, 0.25) is 0 Å². The van der Waals surface area contributed by atoms with E-state index in [1.807, 2.05) is 12.3 Å². The van der Waals surface area contributed by atoms with Crippen molar-refractivity contribution < 1.29 is 4.79 Å². The molecular formula is C14H12N6O. The Morgan fingerprint density at radius 2 is 1.90 bits per heavy atom. The third-order valence-electron chi connectivity index (χ3n) is 3.68. The van der Waals surface area contributed by atoms with E-state index in [0.29, 0.717) is 18.7 Å². The summed E-state index contributed by atoms with van der Waals surface area (Å²) in [6.07, 6.45) is 6.73. The topological polar surface area (TPSA) is 76.8 Å². The first-order valence-electron chi connectivity index (χ1n) is 6.67. The molecule has 7 nitrogen and oxygen atoms in total. The van der Waals surface area contributed by atoms with Gasteiger partial charge in [0.15, 0.2) is 0 Å². The minimum Gasteiger partial charge on any atom is -0.334 e. The first-order valence-corrected chi connectivity index (χ1v) is 6.67. The molecule has 3 aromatic rings. The zero-order valence-corrected chi connectivity index (χ0v) is 11.1. The van der Waals surface area contributed by atoms with Gasteiger partial charge >= 0.3 is 0 Å². The number of hydrogen-bond donors (Lipinski definition) is 0. The standard InChI is InChI=1S/C14H12N6O/c21-14(19-8-11(9-19)20-6-5-17-18-20)10-1-2-12-13(7-10)16-4-3-15-12/h1-7,11H,8-9H2. The van der Waals surface area contributed by atoms with E-state index in [0.717, 1.165) is 11.0 Å². The van der Waals surface area contributed by atoms with Gasteiger partial charge in [-0.15, -0.1) is 5.10 Å². The van der Waals surface area contributed by atoms with Crippen LogP contribution in [0.15, 0.2) is 43.0 Å². The molecule has 104 valence electrons. The number of carbonyl (C=O) groups excluding carboxylic acids is 1. The van der Waals surface area contributed by atoms with Crippen molar-refractivity contribution in [1.82, 2.24) is 29.9 Å². The molecule has 3 heterocycles. The van der Waals surface area contributed by atoms with Crippen LogP contribution in [0.1, 0.15) is 16.4 Å². The molecule has 0 saturated carbocycles. The lowest BCUT2D eigenvalue weighted by atomic mass is 10.1. The van der Waals surface area contributed by atoms with Crippen molar-refractivity contribution in [2.24, 2.45) is 0 Å². The summed E-state index contributed by atoms with van der Waals surface area (Å²) < 4.78 is 1.79. The van der Waals surface area contributed by atoms with Crippen molar-refractivity contribution in [3.63, 3.8) is 0 Å². The van der Waals surface area contributed by atoms with Crippen molar-refractivity contribution in [1.29, 1.82) is 0 Å². The van der Waals surface area contributed by atoms with Gasteiger partial charge in [-0.25, -0.2) is 4.68 Å². The fourth-order valence-electron chi connectivity index (χ4n) is 2.48. The van der Waals surface area contributed by atoms with Gasteiger partial charge in [-0.1, -0.05) is 5.21 Å². The average Bonchev–Trinajstić information content (AvgIpc) is 2.99. The molecule has 0 bridgehead atoms. The highest BCUT2D eigenvalue weighted by Gasteiger charge is 2.32. The maximum atomic E-state index is 12.4. The van der Waals surface area contributed by atoms with Crippen molar-refractivity contribution >= 4 is 16.9 Å². The van der Waals surface area contributed by atoms with Gasteiger partial charge in [0.1, 0.15) is 0 Å². The third-order valence-corrected chi connectivity index (χ3v) is 3.68. The SMILES string of the molecule is O=C(c1ccc2nccnc2c1)N1CC(n2ccnn2)C1. The predicted octanol–water partition coefficient (Wildman–Crippen LogP) is 0.918. The Labute approximate surface area is 120 Å². The Morgan fingerprint density at radius 1 is 1.10 bits per heavy atom. The molecule has 0 spiro atoms. The predicted molar refractivity (Wildman–Crippen MR) is 74.5 cm³/mol. The lowest BCUT2D eigenvalue weighted by Gasteiger charge is -2.38. The Balaban J connectivity index is 1.52. The zero-order valence-electron chi connectivity index (χ0n) is 11.1. The van der Waals surface area contributed by atoms with Crippen LogP contribution >= 0.6 is 0 Å². The monoisotopic (exact) mass is 280 g/mol. The molecule has 0 N–H and O–H groups in total. The lowest BCUT2D eigenvalue weighted by Crippen LogP contribution is -2.50. The number of likely N-dealkylation sites (tertiary alicyclic amines) is 1. The average molecular weight is 280 g/mol. The molecular weight excluding hydrogens is 268 g/mol. The first-order chi connectivity index (χ1) is 10.3. The molecule has 0 aliphatic carbocycles. The second-order valence-electron chi connectivity index (χ2n) is 5.01. The molecule has 7 heteroatoms. The van der Waals surface area contributed by atoms with Crippen LogP contribution in [0.5, 0.6) is 0 Å². The molecule has 0 atom stereocenters. The van der Waals surface area contributed by atoms with Crippen LogP contribution < -0.4 is 0 Å². The molecule has 21 heavy (non-hydrogen) atoms. The number of carbonyl (C=O) groups is 1. The fourth-order valence-corrected chi connectivity index (χ4v) is 2.48. The molecule has 0 unspecified atom stereocenters. The smallest absolute Gasteiger partial charge is 0.254 e. The van der Waals surface area contributed by atoms with Crippen molar-refractivity contribution in [2.75, 3.05) is 13.1 Å². The van der Waals surface area contributed by atoms with E-state index >= 15 is 0 Å². The van der Waals surface area contributed by atoms with Gasteiger partial charge < -0.3 is 4.90 Å². The van der Waals surface area contributed by atoms with E-state index in [4.69, 9.17) is 0 Å². The van der Waals surface area contributed by atoms with Gasteiger partial charge in [-0.3, -0.25) is 14.8 Å². The molecule has 1 aliphatic heterocycles. The number of rotatable bonds is 2. The van der Waals surface area contributed by atoms with Crippen LogP contribution in [0.4, 0.5) is 0 Å². The number of amides is 1. The highest BCUT2D eigenvalue weighted by atomic mass is 16.2. The van der Waals surface area contributed by atoms with Gasteiger partial charge in [0.05, 0.1) is 23.3 Å². The van der Waals surface area contributed by atoms with Crippen LogP contribution in [0.25, 0.3) is 11.0 Å². The summed E-state index contributed by atoms with van der Waals surface area (Å²) in [5, 5.41) is 7.74. The van der Waals surface area contributed by atoms with E-state index in [1.54, 1.807) is 40.3 Å². The Kier molecular flexibility index (Phi) is 2.63. The summed E-state index contributed by atoms with van der Waals surface area (Å²) in [5.41, 5.74) is 2.16. The van der Waals surface area contributed by atoms with E-state index in [2.05, 4.69) is 20.3 Å². The second kappa shape index (κ2) is 4.62. The molecule has 1 fully saturated rings. The number of aromatic nitrogens is 5. The Morgan fingerprint density at radius 3 is 2.67 bits per heavy atom. The van der Waals surface area contributed by atoms with Crippen LogP contribution in [0, 0.1) is 0 Å². The van der Waals surface area contributed by atoms with E-state index in [-0.39, 0.29) is 11.9 Å². The number of benzene rings is 1. The van der Waals surface area contributed by atoms with Gasteiger partial charge in [-0.2, -0.15) is 0 Å². The molecule has 0 radical (unpaired) electrons. The molecule has 2 aromatic heterocycles. The lowest BCUT2D eigenvalue weighted by molar-refractivity contribution is 0.0498. The number of nitrogens with zero attached hydrogens (tertiary/aromatic N) is 6. The van der Waals surface area contributed by atoms with E-state index in [9.17, 15) is 4.79 Å². The van der Waals surface area contributed by atoms with Crippen molar-refractivity contribution in [2.45, 2.75) is 6.04 Å². The Bertz CT molecular complexity index is 794. The highest BCUT2D eigenvalue weighted by Crippen LogP contribution is 2.23. The summed E-state index contributed by atoms with van der Waals surface area (Å²) in [7, 11) is 0. The molecule has 4 rings (SSSR count). The fraction of sp³-hybridized carbons (Fsp3) is 0.214. The zero-order chi connectivity index (χ0) is 14.2. The number of fused-ring (bicyclic) bond motifs is 1. The van der Waals surface area contributed by atoms with Crippen molar-refractivity contribution in [3.05, 3.63) is 48.5 Å². The normalized spacial score (nSPS) is 15.1. The molecule has 1 amide bonds. The maximum Gasteiger partial charge on any atom is 0.254 e. The van der Waals surface area contributed by atoms with Gasteiger partial charge in [0, 0.05) is 37.2 Å². The maximum absolute atomic E-state index is 12.4. The largest absolute Gasteiger partial charge is 0.334 e. The van der Waals surface area contributed by atoms with Gasteiger partial charge in [0.25, 0.3) is 5.91 Å². The molecule has 1 aromatic carbocycles. The first kappa shape index (κ1) is 12.0. The summed E-state index contributed by atoms with van der Waals surface area (Å²) in [5.74, 6) is 0.0129. The third kappa shape index (κ3) is 2.03. The highest BCUT2D eigenvalue weighted by molar-refractivity contribution is 5.97. The van der Waals surface area contributed by atoms with Crippen LogP contribution in [-0.2, 0) is 0 Å². The van der Waals surface area contributed by atoms with Crippen molar-refractivity contribution in [3.8, 4) is 0 Å². The van der Waals surface area contributed by atoms with Gasteiger partial charge in [-0.05, 0) is 18.2 Å². The van der Waals surface area contributed by atoms with Crippen LogP contribution in [0.2, 0.25) is 0 Å². The Hall–Kier alpha value is -2.83. The summed E-state index contributed by atoms with van der Waals surface area (Å²) in [6.45, 7) is 1.31. The second-order valence-corrected chi connectivity index (χ2v) is 5.01.